The van der Waals surface area contributed by atoms with Gasteiger partial charge in [-0.3, -0.25) is 0 Å². The molecular formula is C15H16N4OS. The van der Waals surface area contributed by atoms with E-state index in [2.05, 4.69) is 23.8 Å². The van der Waals surface area contributed by atoms with E-state index in [9.17, 15) is 4.79 Å². The third-order valence-electron chi connectivity index (χ3n) is 3.29. The van der Waals surface area contributed by atoms with Crippen LogP contribution in [0.5, 0.6) is 0 Å². The Morgan fingerprint density at radius 2 is 2.19 bits per heavy atom. The molecule has 0 unspecified atom stereocenters. The first-order chi connectivity index (χ1) is 10.1. The normalized spacial score (nSPS) is 11.2. The largest absolute Gasteiger partial charge is 0.361 e. The van der Waals surface area contributed by atoms with Crippen LogP contribution >= 0.6 is 11.3 Å². The van der Waals surface area contributed by atoms with E-state index in [1.807, 2.05) is 30.5 Å². The van der Waals surface area contributed by atoms with Crippen molar-refractivity contribution >= 4 is 39.1 Å². The van der Waals surface area contributed by atoms with Gasteiger partial charge in [0.25, 0.3) is 0 Å². The topological polar surface area (TPSA) is 75.0 Å². The number of aromatic nitrogens is 2. The Hall–Kier alpha value is -2.34. The smallest absolute Gasteiger partial charge is 0.325 e. The molecule has 6 heteroatoms. The number of urea groups is 1. The molecule has 0 bridgehead atoms. The van der Waals surface area contributed by atoms with Gasteiger partial charge in [-0.2, -0.15) is 0 Å². The van der Waals surface area contributed by atoms with E-state index in [-0.39, 0.29) is 0 Å². The van der Waals surface area contributed by atoms with Crippen molar-refractivity contribution in [1.29, 1.82) is 0 Å². The monoisotopic (exact) mass is 300 g/mol. The van der Waals surface area contributed by atoms with Gasteiger partial charge in [0.05, 0.1) is 5.69 Å². The molecule has 2 aromatic heterocycles. The highest BCUT2D eigenvalue weighted by molar-refractivity contribution is 7.15. The number of nitrogens with zero attached hydrogens (tertiary/aromatic N) is 2. The summed E-state index contributed by atoms with van der Waals surface area (Å²) in [6.45, 7) is 4.19. The number of primary amides is 1. The standard InChI is InChI=1S/C15H16N4OS/c1-9(2)13-8-18-15(21-13)19(14(16)20)11-3-4-12-10(7-11)5-6-17-12/h3-9,17H,1-2H3,(H2,16,20). The summed E-state index contributed by atoms with van der Waals surface area (Å²) >= 11 is 1.49. The van der Waals surface area contributed by atoms with Crippen LogP contribution in [0.15, 0.2) is 36.7 Å². The zero-order valence-corrected chi connectivity index (χ0v) is 12.6. The second kappa shape index (κ2) is 5.21. The van der Waals surface area contributed by atoms with Gasteiger partial charge in [-0.05, 0) is 30.2 Å². The number of carbonyl (C=O) groups excluding carboxylic acids is 1. The summed E-state index contributed by atoms with van der Waals surface area (Å²) < 4.78 is 0. The lowest BCUT2D eigenvalue weighted by molar-refractivity contribution is 0.256. The number of hydrogen-bond acceptors (Lipinski definition) is 3. The minimum atomic E-state index is -0.533. The van der Waals surface area contributed by atoms with E-state index in [1.54, 1.807) is 6.20 Å². The van der Waals surface area contributed by atoms with E-state index in [4.69, 9.17) is 5.73 Å². The molecule has 0 fully saturated rings. The van der Waals surface area contributed by atoms with Crippen molar-refractivity contribution in [1.82, 2.24) is 9.97 Å². The molecule has 108 valence electrons. The van der Waals surface area contributed by atoms with Gasteiger partial charge in [0.2, 0.25) is 0 Å². The summed E-state index contributed by atoms with van der Waals surface area (Å²) in [7, 11) is 0. The number of anilines is 2. The molecule has 3 N–H and O–H groups in total. The number of fused-ring (bicyclic) bond motifs is 1. The summed E-state index contributed by atoms with van der Waals surface area (Å²) in [5.74, 6) is 0.373. The molecule has 2 heterocycles. The fourth-order valence-corrected chi connectivity index (χ4v) is 3.10. The average Bonchev–Trinajstić information content (AvgIpc) is 3.06. The van der Waals surface area contributed by atoms with Crippen molar-refractivity contribution in [2.45, 2.75) is 19.8 Å². The molecule has 2 amide bonds. The Morgan fingerprint density at radius 3 is 2.86 bits per heavy atom. The minimum absolute atomic E-state index is 0.373. The third-order valence-corrected chi connectivity index (χ3v) is 4.57. The van der Waals surface area contributed by atoms with Crippen molar-refractivity contribution in [3.63, 3.8) is 0 Å². The Balaban J connectivity index is 2.05. The highest BCUT2D eigenvalue weighted by Crippen LogP contribution is 2.33. The van der Waals surface area contributed by atoms with Gasteiger partial charge < -0.3 is 10.7 Å². The number of H-pyrrole nitrogens is 1. The minimum Gasteiger partial charge on any atom is -0.361 e. The van der Waals surface area contributed by atoms with E-state index < -0.39 is 6.03 Å². The summed E-state index contributed by atoms with van der Waals surface area (Å²) in [6, 6.07) is 7.14. The van der Waals surface area contributed by atoms with Crippen LogP contribution in [0.25, 0.3) is 10.9 Å². The fraction of sp³-hybridized carbons (Fsp3) is 0.200. The van der Waals surface area contributed by atoms with Gasteiger partial charge in [0.15, 0.2) is 5.13 Å². The quantitative estimate of drug-likeness (QED) is 0.768. The Labute approximate surface area is 126 Å². The summed E-state index contributed by atoms with van der Waals surface area (Å²) in [5, 5.41) is 1.63. The molecule has 0 aliphatic heterocycles. The van der Waals surface area contributed by atoms with Crippen LogP contribution in [0.4, 0.5) is 15.6 Å². The predicted octanol–water partition coefficient (Wildman–Crippen LogP) is 3.96. The maximum atomic E-state index is 11.9. The molecule has 0 radical (unpaired) electrons. The van der Waals surface area contributed by atoms with Gasteiger partial charge in [0.1, 0.15) is 0 Å². The number of nitrogens with one attached hydrogen (secondary N) is 1. The first-order valence-corrected chi connectivity index (χ1v) is 7.50. The highest BCUT2D eigenvalue weighted by atomic mass is 32.1. The molecule has 0 atom stereocenters. The molecule has 1 aromatic carbocycles. The number of rotatable bonds is 3. The van der Waals surface area contributed by atoms with E-state index in [0.29, 0.717) is 11.0 Å². The van der Waals surface area contributed by atoms with Crippen LogP contribution in [0, 0.1) is 0 Å². The van der Waals surface area contributed by atoms with E-state index in [1.165, 1.54) is 16.2 Å². The van der Waals surface area contributed by atoms with Crippen LogP contribution in [-0.2, 0) is 0 Å². The van der Waals surface area contributed by atoms with Crippen LogP contribution in [0.2, 0.25) is 0 Å². The summed E-state index contributed by atoms with van der Waals surface area (Å²) in [4.78, 5) is 21.9. The number of hydrogen-bond donors (Lipinski definition) is 2. The van der Waals surface area contributed by atoms with Gasteiger partial charge in [-0.15, -0.1) is 11.3 Å². The van der Waals surface area contributed by atoms with Gasteiger partial charge in [0, 0.05) is 28.2 Å². The first kappa shape index (κ1) is 13.6. The van der Waals surface area contributed by atoms with Gasteiger partial charge in [-0.25, -0.2) is 14.7 Å². The molecule has 21 heavy (non-hydrogen) atoms. The van der Waals surface area contributed by atoms with E-state index in [0.717, 1.165) is 21.5 Å². The first-order valence-electron chi connectivity index (χ1n) is 6.68. The number of benzene rings is 1. The average molecular weight is 300 g/mol. The Morgan fingerprint density at radius 1 is 1.38 bits per heavy atom. The maximum absolute atomic E-state index is 11.9. The molecule has 0 aliphatic rings. The van der Waals surface area contributed by atoms with Crippen molar-refractivity contribution < 1.29 is 4.79 Å². The van der Waals surface area contributed by atoms with Crippen LogP contribution in [0.1, 0.15) is 24.6 Å². The van der Waals surface area contributed by atoms with Crippen LogP contribution in [-0.4, -0.2) is 16.0 Å². The number of carbonyl (C=O) groups is 1. The predicted molar refractivity (Wildman–Crippen MR) is 86.2 cm³/mol. The Bertz CT molecular complexity index is 790. The van der Waals surface area contributed by atoms with Crippen LogP contribution in [0.3, 0.4) is 0 Å². The van der Waals surface area contributed by atoms with Gasteiger partial charge >= 0.3 is 6.03 Å². The second-order valence-electron chi connectivity index (χ2n) is 5.12. The van der Waals surface area contributed by atoms with Gasteiger partial charge in [-0.1, -0.05) is 13.8 Å². The maximum Gasteiger partial charge on any atom is 0.325 e. The Kier molecular flexibility index (Phi) is 3.39. The van der Waals surface area contributed by atoms with Crippen molar-refractivity contribution in [3.05, 3.63) is 41.5 Å². The lowest BCUT2D eigenvalue weighted by atomic mass is 10.2. The molecule has 3 rings (SSSR count). The molecule has 3 aromatic rings. The van der Waals surface area contributed by atoms with Crippen LogP contribution < -0.4 is 10.6 Å². The lowest BCUT2D eigenvalue weighted by Crippen LogP contribution is -2.31. The van der Waals surface area contributed by atoms with Crippen molar-refractivity contribution in [3.8, 4) is 0 Å². The fourth-order valence-electron chi connectivity index (χ4n) is 2.16. The number of thiazole rings is 1. The SMILES string of the molecule is CC(C)c1cnc(N(C(N)=O)c2ccc3[nH]ccc3c2)s1. The number of nitrogens with two attached hydrogens (primary N) is 1. The number of aromatic amines is 1. The molecule has 0 saturated heterocycles. The molecule has 0 saturated carbocycles. The highest BCUT2D eigenvalue weighted by Gasteiger charge is 2.19. The summed E-state index contributed by atoms with van der Waals surface area (Å²) in [6.07, 6.45) is 3.67. The van der Waals surface area contributed by atoms with E-state index >= 15 is 0 Å². The molecule has 5 nitrogen and oxygen atoms in total. The zero-order chi connectivity index (χ0) is 15.0. The summed E-state index contributed by atoms with van der Waals surface area (Å²) in [5.41, 5.74) is 7.29. The molecule has 0 aliphatic carbocycles. The van der Waals surface area contributed by atoms with Crippen molar-refractivity contribution in [2.75, 3.05) is 4.90 Å². The molecule has 0 spiro atoms. The van der Waals surface area contributed by atoms with Crippen molar-refractivity contribution in [2.24, 2.45) is 5.73 Å². The lowest BCUT2D eigenvalue weighted by Gasteiger charge is -2.17. The number of amides is 2. The molecular weight excluding hydrogens is 284 g/mol. The zero-order valence-electron chi connectivity index (χ0n) is 11.8. The second-order valence-corrected chi connectivity index (χ2v) is 6.16. The third kappa shape index (κ3) is 2.50.